The Morgan fingerprint density at radius 2 is 2.08 bits per heavy atom. The quantitative estimate of drug-likeness (QED) is 0.880. The Morgan fingerprint density at radius 1 is 1.33 bits per heavy atom. The topological polar surface area (TPSA) is 66.5 Å². The summed E-state index contributed by atoms with van der Waals surface area (Å²) in [6.07, 6.45) is 4.00. The van der Waals surface area contributed by atoms with Crippen molar-refractivity contribution in [3.63, 3.8) is 0 Å². The fourth-order valence-electron chi connectivity index (χ4n) is 4.14. The number of amides is 1. The van der Waals surface area contributed by atoms with E-state index in [4.69, 9.17) is 0 Å². The summed E-state index contributed by atoms with van der Waals surface area (Å²) in [5, 5.41) is 0. The second-order valence-electron chi connectivity index (χ2n) is 6.95. The summed E-state index contributed by atoms with van der Waals surface area (Å²) in [4.78, 5) is 13.7. The van der Waals surface area contributed by atoms with Gasteiger partial charge in [0.25, 0.3) is 0 Å². The van der Waals surface area contributed by atoms with E-state index in [0.29, 0.717) is 19.4 Å². The first kappa shape index (κ1) is 17.4. The fraction of sp³-hybridized carbons (Fsp3) is 0.588. The monoisotopic (exact) mass is 354 g/mol. The molecular weight excluding hydrogens is 331 g/mol. The molecule has 2 aliphatic rings. The number of carbonyl (C=O) groups is 1. The first-order chi connectivity index (χ1) is 11.3. The summed E-state index contributed by atoms with van der Waals surface area (Å²) in [6, 6.07) is 6.00. The molecule has 0 bridgehead atoms. The number of piperidine rings is 1. The van der Waals surface area contributed by atoms with Crippen LogP contribution in [0.3, 0.4) is 0 Å². The zero-order valence-electron chi connectivity index (χ0n) is 13.8. The average Bonchev–Trinajstić information content (AvgIpc) is 2.97. The number of fused-ring (bicyclic) bond motifs is 1. The molecule has 24 heavy (non-hydrogen) atoms. The van der Waals surface area contributed by atoms with Crippen molar-refractivity contribution in [2.24, 2.45) is 5.41 Å². The molecule has 2 fully saturated rings. The summed E-state index contributed by atoms with van der Waals surface area (Å²) >= 11 is 0. The van der Waals surface area contributed by atoms with E-state index in [1.54, 1.807) is 18.0 Å². The van der Waals surface area contributed by atoms with Crippen molar-refractivity contribution in [3.05, 3.63) is 35.6 Å². The van der Waals surface area contributed by atoms with E-state index >= 15 is 0 Å². The summed E-state index contributed by atoms with van der Waals surface area (Å²) in [5.41, 5.74) is -0.0215. The molecule has 132 valence electrons. The van der Waals surface area contributed by atoms with Gasteiger partial charge >= 0.3 is 0 Å². The number of rotatable bonds is 5. The van der Waals surface area contributed by atoms with Crippen molar-refractivity contribution in [1.82, 2.24) is 9.62 Å². The van der Waals surface area contributed by atoms with Crippen LogP contribution in [0.15, 0.2) is 24.3 Å². The van der Waals surface area contributed by atoms with Crippen LogP contribution in [-0.2, 0) is 20.6 Å². The minimum absolute atomic E-state index is 0.0925. The zero-order chi connectivity index (χ0) is 17.4. The molecule has 1 aliphatic carbocycles. The molecule has 5 nitrogen and oxygen atoms in total. The van der Waals surface area contributed by atoms with Crippen LogP contribution in [0.25, 0.3) is 0 Å². The van der Waals surface area contributed by atoms with Crippen molar-refractivity contribution in [2.45, 2.75) is 43.9 Å². The van der Waals surface area contributed by atoms with Gasteiger partial charge in [-0.15, -0.1) is 0 Å². The largest absolute Gasteiger partial charge is 0.342 e. The summed E-state index contributed by atoms with van der Waals surface area (Å²) < 4.78 is 41.1. The molecule has 0 unspecified atom stereocenters. The Bertz CT molecular complexity index is 737. The number of halogens is 1. The van der Waals surface area contributed by atoms with Crippen LogP contribution in [0, 0.1) is 11.2 Å². The van der Waals surface area contributed by atoms with Crippen molar-refractivity contribution in [3.8, 4) is 0 Å². The molecule has 1 amide bonds. The van der Waals surface area contributed by atoms with Crippen molar-refractivity contribution in [2.75, 3.05) is 13.6 Å². The van der Waals surface area contributed by atoms with Crippen LogP contribution in [0.2, 0.25) is 0 Å². The number of nitrogens with zero attached hydrogens (tertiary/aromatic N) is 1. The highest BCUT2D eigenvalue weighted by Gasteiger charge is 2.49. The summed E-state index contributed by atoms with van der Waals surface area (Å²) in [7, 11) is -1.82. The third-order valence-electron chi connectivity index (χ3n) is 5.50. The lowest BCUT2D eigenvalue weighted by Gasteiger charge is -2.44. The molecule has 0 aromatic heterocycles. The van der Waals surface area contributed by atoms with Gasteiger partial charge in [-0.25, -0.2) is 17.5 Å². The molecule has 3 rings (SSSR count). The molecule has 1 heterocycles. The van der Waals surface area contributed by atoms with Gasteiger partial charge in [0.15, 0.2) is 0 Å². The maximum Gasteiger partial charge on any atom is 0.222 e. The second-order valence-corrected chi connectivity index (χ2v) is 8.75. The number of nitrogens with one attached hydrogen (secondary N) is 1. The Hall–Kier alpha value is -1.47. The lowest BCUT2D eigenvalue weighted by molar-refractivity contribution is -0.139. The third-order valence-corrected chi connectivity index (χ3v) is 6.78. The normalized spacial score (nSPS) is 27.3. The van der Waals surface area contributed by atoms with E-state index < -0.39 is 15.8 Å². The molecule has 0 spiro atoms. The SMILES string of the molecule is CN1C(=O)CC[C@]2(CNS(=O)(=O)Cc3ccccc3F)CCC[C@@H]12. The molecule has 1 N–H and O–H groups in total. The number of hydrogen-bond acceptors (Lipinski definition) is 3. The van der Waals surface area contributed by atoms with E-state index in [9.17, 15) is 17.6 Å². The summed E-state index contributed by atoms with van der Waals surface area (Å²) in [5.74, 6) is -0.746. The predicted molar refractivity (Wildman–Crippen MR) is 89.1 cm³/mol. The van der Waals surface area contributed by atoms with Crippen molar-refractivity contribution in [1.29, 1.82) is 0 Å². The molecule has 1 aromatic carbocycles. The Balaban J connectivity index is 1.70. The van der Waals surface area contributed by atoms with Gasteiger partial charge in [0.1, 0.15) is 5.82 Å². The average molecular weight is 354 g/mol. The number of sulfonamides is 1. The van der Waals surface area contributed by atoms with Crippen molar-refractivity contribution >= 4 is 15.9 Å². The van der Waals surface area contributed by atoms with Crippen LogP contribution in [0.5, 0.6) is 0 Å². The van der Waals surface area contributed by atoms with Crippen LogP contribution in [0.4, 0.5) is 4.39 Å². The van der Waals surface area contributed by atoms with Gasteiger partial charge in [-0.05, 0) is 25.3 Å². The third kappa shape index (κ3) is 3.32. The maximum atomic E-state index is 13.7. The van der Waals surface area contributed by atoms with Gasteiger partial charge in [0.2, 0.25) is 15.9 Å². The van der Waals surface area contributed by atoms with E-state index in [0.717, 1.165) is 19.3 Å². The van der Waals surface area contributed by atoms with Crippen LogP contribution < -0.4 is 4.72 Å². The highest BCUT2D eigenvalue weighted by molar-refractivity contribution is 7.88. The molecule has 1 aliphatic heterocycles. The van der Waals surface area contributed by atoms with Crippen LogP contribution >= 0.6 is 0 Å². The number of benzene rings is 1. The standard InChI is InChI=1S/C17H23FN2O3S/c1-20-15-7-4-9-17(15,10-8-16(20)21)12-19-24(22,23)11-13-5-2-3-6-14(13)18/h2-3,5-6,15,19H,4,7-12H2,1H3/t15-,17+/m1/s1. The molecule has 7 heteroatoms. The highest BCUT2D eigenvalue weighted by atomic mass is 32.2. The lowest BCUT2D eigenvalue weighted by atomic mass is 9.75. The molecule has 0 radical (unpaired) electrons. The minimum Gasteiger partial charge on any atom is -0.342 e. The summed E-state index contributed by atoms with van der Waals surface area (Å²) in [6.45, 7) is 0.312. The van der Waals surface area contributed by atoms with Crippen LogP contribution in [0.1, 0.15) is 37.7 Å². The second kappa shape index (κ2) is 6.44. The van der Waals surface area contributed by atoms with Gasteiger partial charge in [-0.3, -0.25) is 4.79 Å². The molecule has 2 atom stereocenters. The zero-order valence-corrected chi connectivity index (χ0v) is 14.6. The van der Waals surface area contributed by atoms with Gasteiger partial charge in [-0.2, -0.15) is 0 Å². The maximum absolute atomic E-state index is 13.7. The molecule has 1 aromatic rings. The van der Waals surface area contributed by atoms with E-state index in [2.05, 4.69) is 4.72 Å². The number of carbonyl (C=O) groups excluding carboxylic acids is 1. The number of hydrogen-bond donors (Lipinski definition) is 1. The minimum atomic E-state index is -3.62. The molecule has 1 saturated carbocycles. The van der Waals surface area contributed by atoms with Gasteiger partial charge in [0.05, 0.1) is 5.75 Å². The van der Waals surface area contributed by atoms with Gasteiger partial charge < -0.3 is 4.90 Å². The highest BCUT2D eigenvalue weighted by Crippen LogP contribution is 2.47. The Kier molecular flexibility index (Phi) is 4.66. The predicted octanol–water partition coefficient (Wildman–Crippen LogP) is 2.04. The lowest BCUT2D eigenvalue weighted by Crippen LogP contribution is -2.54. The van der Waals surface area contributed by atoms with Gasteiger partial charge in [0, 0.05) is 37.0 Å². The van der Waals surface area contributed by atoms with E-state index in [-0.39, 0.29) is 28.7 Å². The Morgan fingerprint density at radius 3 is 2.83 bits per heavy atom. The fourth-order valence-corrected chi connectivity index (χ4v) is 5.39. The smallest absolute Gasteiger partial charge is 0.222 e. The Labute approximate surface area is 142 Å². The molecule has 1 saturated heterocycles. The van der Waals surface area contributed by atoms with Crippen molar-refractivity contribution < 1.29 is 17.6 Å². The van der Waals surface area contributed by atoms with E-state index in [1.807, 2.05) is 0 Å². The number of likely N-dealkylation sites (tertiary alicyclic amines) is 1. The van der Waals surface area contributed by atoms with Gasteiger partial charge in [-0.1, -0.05) is 24.6 Å². The van der Waals surface area contributed by atoms with E-state index in [1.165, 1.54) is 18.2 Å². The first-order valence-electron chi connectivity index (χ1n) is 8.29. The van der Waals surface area contributed by atoms with Crippen LogP contribution in [-0.4, -0.2) is 38.9 Å². The first-order valence-corrected chi connectivity index (χ1v) is 9.95. The molecular formula is C17H23FN2O3S.